The number of pyridine rings is 2. The molecule has 1 aliphatic rings. The van der Waals surface area contributed by atoms with Crippen LogP contribution in [-0.4, -0.2) is 81.2 Å². The fourth-order valence-corrected chi connectivity index (χ4v) is 3.19. The predicted molar refractivity (Wildman–Crippen MR) is 106 cm³/mol. The molecule has 2 N–H and O–H groups in total. The summed E-state index contributed by atoms with van der Waals surface area (Å²) in [5.74, 6) is -2.07. The fourth-order valence-electron chi connectivity index (χ4n) is 3.19. The van der Waals surface area contributed by atoms with Crippen LogP contribution in [0.3, 0.4) is 0 Å². The summed E-state index contributed by atoms with van der Waals surface area (Å²) in [6.07, 6.45) is 0. The zero-order valence-corrected chi connectivity index (χ0v) is 18.5. The summed E-state index contributed by atoms with van der Waals surface area (Å²) in [5, 5.41) is 22.8. The van der Waals surface area contributed by atoms with E-state index in [0.29, 0.717) is 37.6 Å². The second kappa shape index (κ2) is 12.3. The maximum atomic E-state index is 11.1. The molecule has 2 aromatic rings. The number of nitrogens with zero attached hydrogens (tertiary/aromatic N) is 5. The summed E-state index contributed by atoms with van der Waals surface area (Å²) in [7, 11) is 0. The molecule has 1 saturated heterocycles. The molecule has 3 heterocycles. The summed E-state index contributed by atoms with van der Waals surface area (Å²) >= 11 is 0. The van der Waals surface area contributed by atoms with E-state index < -0.39 is 11.9 Å². The first-order chi connectivity index (χ1) is 14.0. The third-order valence-electron chi connectivity index (χ3n) is 4.70. The maximum absolute atomic E-state index is 11.1. The molecule has 0 bridgehead atoms. The largest absolute Gasteiger partial charge is 0.660 e. The summed E-state index contributed by atoms with van der Waals surface area (Å²) in [5.41, 5.74) is 1.52. The van der Waals surface area contributed by atoms with Crippen molar-refractivity contribution < 1.29 is 58.4 Å². The number of carboxylic acids is 2. The Morgan fingerprint density at radius 2 is 1.23 bits per heavy atom. The van der Waals surface area contributed by atoms with Gasteiger partial charge in [0.05, 0.1) is 11.4 Å². The molecule has 9 nitrogen and oxygen atoms in total. The molecular weight excluding hydrogens is 533 g/mol. The van der Waals surface area contributed by atoms with Crippen molar-refractivity contribution in [2.45, 2.75) is 13.1 Å². The van der Waals surface area contributed by atoms with Crippen molar-refractivity contribution in [2.24, 2.45) is 0 Å². The van der Waals surface area contributed by atoms with Crippen molar-refractivity contribution in [1.29, 1.82) is 0 Å². The SMILES string of the molecule is O=C(O)c1cccc(CN2CC[N-]CCN(Cc3cccc(C(=O)O)n3)CC2)n1.[Tb]. The Hall–Kier alpha value is -1.59. The van der Waals surface area contributed by atoms with Crippen molar-refractivity contribution in [3.63, 3.8) is 0 Å². The second-order valence-electron chi connectivity index (χ2n) is 6.86. The standard InChI is InChI=1S/C20H24N5O4.Tb/c26-19(27)17-5-1-3-15(22-17)13-24-9-7-21-8-10-25(12-11-24)14-16-4-2-6-18(23-16)20(28)29;/h1-6H,7-14H2,(H,26,27)(H,28,29);/q-1;. The predicted octanol–water partition coefficient (Wildman–Crippen LogP) is 1.56. The Morgan fingerprint density at radius 1 is 0.800 bits per heavy atom. The number of aromatic nitrogens is 2. The van der Waals surface area contributed by atoms with E-state index in [-0.39, 0.29) is 50.0 Å². The third kappa shape index (κ3) is 7.58. The monoisotopic (exact) mass is 557 g/mol. The van der Waals surface area contributed by atoms with E-state index in [0.717, 1.165) is 26.2 Å². The smallest absolute Gasteiger partial charge is 0.354 e. The Balaban J connectivity index is 0.00000320. The van der Waals surface area contributed by atoms with Gasteiger partial charge in [0.15, 0.2) is 0 Å². The molecule has 1 fully saturated rings. The minimum atomic E-state index is -1.03. The van der Waals surface area contributed by atoms with Crippen molar-refractivity contribution >= 4 is 11.9 Å². The van der Waals surface area contributed by atoms with Crippen LogP contribution in [0.5, 0.6) is 0 Å². The molecule has 0 aliphatic carbocycles. The van der Waals surface area contributed by atoms with E-state index in [4.69, 9.17) is 10.2 Å². The van der Waals surface area contributed by atoms with Gasteiger partial charge in [-0.3, -0.25) is 9.80 Å². The molecule has 3 rings (SSSR count). The molecule has 0 atom stereocenters. The van der Waals surface area contributed by atoms with Gasteiger partial charge in [-0.15, -0.1) is 13.1 Å². The van der Waals surface area contributed by atoms with E-state index in [1.54, 1.807) is 12.1 Å². The van der Waals surface area contributed by atoms with Crippen LogP contribution < -0.4 is 0 Å². The quantitative estimate of drug-likeness (QED) is 0.550. The molecule has 1 radical (unpaired) electrons. The first kappa shape index (κ1) is 24.7. The minimum absolute atomic E-state index is 0. The average Bonchev–Trinajstić information content (AvgIpc) is 2.81. The number of carboxylic acid groups (broad SMARTS) is 2. The molecule has 10 heteroatoms. The van der Waals surface area contributed by atoms with Gasteiger partial charge in [0.25, 0.3) is 0 Å². The summed E-state index contributed by atoms with van der Waals surface area (Å²) in [4.78, 5) is 35.1. The first-order valence-corrected chi connectivity index (χ1v) is 9.47. The maximum Gasteiger partial charge on any atom is 0.354 e. The Bertz CT molecular complexity index is 797. The number of carbonyl (C=O) groups is 2. The van der Waals surface area contributed by atoms with Gasteiger partial charge < -0.3 is 15.5 Å². The van der Waals surface area contributed by atoms with Crippen LogP contribution >= 0.6 is 0 Å². The van der Waals surface area contributed by atoms with Crippen LogP contribution in [0.1, 0.15) is 32.4 Å². The van der Waals surface area contributed by atoms with Gasteiger partial charge in [0, 0.05) is 64.8 Å². The molecule has 30 heavy (non-hydrogen) atoms. The molecule has 0 spiro atoms. The Labute approximate surface area is 205 Å². The van der Waals surface area contributed by atoms with Crippen molar-refractivity contribution in [2.75, 3.05) is 39.3 Å². The Kier molecular flexibility index (Phi) is 10.1. The van der Waals surface area contributed by atoms with Crippen LogP contribution in [0, 0.1) is 38.6 Å². The van der Waals surface area contributed by atoms with Gasteiger partial charge in [0.2, 0.25) is 0 Å². The van der Waals surface area contributed by atoms with Gasteiger partial charge in [-0.25, -0.2) is 19.6 Å². The zero-order chi connectivity index (χ0) is 20.6. The van der Waals surface area contributed by atoms with Crippen molar-refractivity contribution in [3.05, 3.63) is 64.5 Å². The zero-order valence-electron chi connectivity index (χ0n) is 16.4. The van der Waals surface area contributed by atoms with Gasteiger partial charge >= 0.3 is 11.9 Å². The van der Waals surface area contributed by atoms with E-state index in [9.17, 15) is 9.59 Å². The molecule has 163 valence electrons. The molecule has 0 unspecified atom stereocenters. The van der Waals surface area contributed by atoms with Crippen LogP contribution in [-0.2, 0) is 13.1 Å². The number of rotatable bonds is 6. The summed E-state index contributed by atoms with van der Waals surface area (Å²) < 4.78 is 0. The Morgan fingerprint density at radius 3 is 1.63 bits per heavy atom. The third-order valence-corrected chi connectivity index (χ3v) is 4.70. The number of hydrogen-bond acceptors (Lipinski definition) is 6. The van der Waals surface area contributed by atoms with E-state index in [2.05, 4.69) is 25.1 Å². The van der Waals surface area contributed by atoms with Crippen LogP contribution in [0.25, 0.3) is 5.32 Å². The summed E-state index contributed by atoms with van der Waals surface area (Å²) in [6.45, 7) is 5.62. The number of aromatic carboxylic acids is 2. The first-order valence-electron chi connectivity index (χ1n) is 9.47. The van der Waals surface area contributed by atoms with Gasteiger partial charge in [-0.2, -0.15) is 0 Å². The van der Waals surface area contributed by atoms with Gasteiger partial charge in [-0.05, 0) is 37.4 Å². The van der Waals surface area contributed by atoms with Crippen LogP contribution in [0.4, 0.5) is 0 Å². The molecular formula is C20H24N5O4Tb-. The summed E-state index contributed by atoms with van der Waals surface area (Å²) in [6, 6.07) is 10.0. The van der Waals surface area contributed by atoms with Crippen LogP contribution in [0.15, 0.2) is 36.4 Å². The van der Waals surface area contributed by atoms with E-state index in [1.807, 2.05) is 12.1 Å². The normalized spacial score (nSPS) is 16.0. The van der Waals surface area contributed by atoms with Crippen molar-refractivity contribution in [1.82, 2.24) is 19.8 Å². The van der Waals surface area contributed by atoms with Gasteiger partial charge in [-0.1, -0.05) is 12.1 Å². The second-order valence-corrected chi connectivity index (χ2v) is 6.86. The van der Waals surface area contributed by atoms with Crippen molar-refractivity contribution in [3.8, 4) is 0 Å². The van der Waals surface area contributed by atoms with Gasteiger partial charge in [0.1, 0.15) is 11.4 Å². The average molecular weight is 557 g/mol. The molecule has 2 aromatic heterocycles. The van der Waals surface area contributed by atoms with Crippen LogP contribution in [0.2, 0.25) is 0 Å². The topological polar surface area (TPSA) is 121 Å². The molecule has 1 aliphatic heterocycles. The minimum Gasteiger partial charge on any atom is -0.660 e. The molecule has 0 saturated carbocycles. The molecule has 0 aromatic carbocycles. The number of hydrogen-bond donors (Lipinski definition) is 2. The van der Waals surface area contributed by atoms with E-state index in [1.165, 1.54) is 12.1 Å². The fraction of sp³-hybridized carbons (Fsp3) is 0.400. The van der Waals surface area contributed by atoms with E-state index >= 15 is 0 Å². The molecule has 0 amide bonds.